The minimum atomic E-state index is 0.260. The number of benzene rings is 2. The summed E-state index contributed by atoms with van der Waals surface area (Å²) in [4.78, 5) is 0. The van der Waals surface area contributed by atoms with E-state index in [-0.39, 0.29) is 6.79 Å². The molecule has 0 aromatic heterocycles. The Kier molecular flexibility index (Phi) is 3.95. The van der Waals surface area contributed by atoms with Crippen molar-refractivity contribution < 1.29 is 14.2 Å². The average Bonchev–Trinajstić information content (AvgIpc) is 2.99. The maximum absolute atomic E-state index is 5.80. The van der Waals surface area contributed by atoms with E-state index in [1.165, 1.54) is 0 Å². The summed E-state index contributed by atoms with van der Waals surface area (Å²) in [6.07, 6.45) is 0. The predicted molar refractivity (Wildman–Crippen MR) is 79.3 cm³/mol. The quantitative estimate of drug-likeness (QED) is 0.877. The number of hydrogen-bond acceptors (Lipinski definition) is 4. The normalized spacial score (nSPS) is 11.7. The molecule has 0 radical (unpaired) electrons. The van der Waals surface area contributed by atoms with Crippen LogP contribution in [0.5, 0.6) is 17.2 Å². The molecule has 0 saturated carbocycles. The number of hydrogen-bond donors (Lipinski definition) is 1. The lowest BCUT2D eigenvalue weighted by molar-refractivity contribution is 0.173. The lowest BCUT2D eigenvalue weighted by atomic mass is 10.1. The summed E-state index contributed by atoms with van der Waals surface area (Å²) in [5, 5.41) is 0. The largest absolute Gasteiger partial charge is 0.489 e. The summed E-state index contributed by atoms with van der Waals surface area (Å²) in [7, 11) is 0. The Labute approximate surface area is 123 Å². The van der Waals surface area contributed by atoms with Crippen molar-refractivity contribution in [2.24, 2.45) is 5.73 Å². The molecule has 0 saturated heterocycles. The van der Waals surface area contributed by atoms with E-state index in [4.69, 9.17) is 19.9 Å². The summed E-state index contributed by atoms with van der Waals surface area (Å²) in [6, 6.07) is 13.4. The van der Waals surface area contributed by atoms with Crippen molar-refractivity contribution in [1.29, 1.82) is 0 Å². The van der Waals surface area contributed by atoms with Gasteiger partial charge in [-0.2, -0.15) is 0 Å². The zero-order valence-corrected chi connectivity index (χ0v) is 11.5. The van der Waals surface area contributed by atoms with Crippen molar-refractivity contribution in [2.75, 3.05) is 13.3 Å². The molecule has 3 rings (SSSR count). The molecule has 0 spiro atoms. The van der Waals surface area contributed by atoms with Crippen molar-refractivity contribution in [3.05, 3.63) is 53.6 Å². The third-order valence-electron chi connectivity index (χ3n) is 3.08. The van der Waals surface area contributed by atoms with Gasteiger partial charge >= 0.3 is 0 Å². The highest BCUT2D eigenvalue weighted by atomic mass is 16.7. The van der Waals surface area contributed by atoms with Crippen LogP contribution in [0.4, 0.5) is 0 Å². The van der Waals surface area contributed by atoms with Crippen molar-refractivity contribution in [3.8, 4) is 29.1 Å². The second-order valence-electron chi connectivity index (χ2n) is 4.47. The fraction of sp³-hybridized carbons (Fsp3) is 0.176. The van der Waals surface area contributed by atoms with Crippen LogP contribution in [-0.2, 0) is 6.61 Å². The van der Waals surface area contributed by atoms with E-state index in [0.29, 0.717) is 18.9 Å². The van der Waals surface area contributed by atoms with Crippen molar-refractivity contribution >= 4 is 0 Å². The molecule has 0 aliphatic carbocycles. The molecule has 2 N–H and O–H groups in total. The SMILES string of the molecule is NCC#Cc1ccccc1COc1ccc2c(c1)OCO2. The molecule has 0 bridgehead atoms. The fourth-order valence-corrected chi connectivity index (χ4v) is 2.04. The van der Waals surface area contributed by atoms with Gasteiger partial charge in [0.2, 0.25) is 6.79 Å². The van der Waals surface area contributed by atoms with Crippen LogP contribution in [0.1, 0.15) is 11.1 Å². The molecule has 0 fully saturated rings. The molecule has 0 unspecified atom stereocenters. The van der Waals surface area contributed by atoms with Crippen LogP contribution >= 0.6 is 0 Å². The molecule has 1 heterocycles. The monoisotopic (exact) mass is 281 g/mol. The van der Waals surface area contributed by atoms with Gasteiger partial charge in [-0.1, -0.05) is 30.0 Å². The third kappa shape index (κ3) is 3.10. The van der Waals surface area contributed by atoms with E-state index in [1.807, 2.05) is 42.5 Å². The van der Waals surface area contributed by atoms with Crippen LogP contribution in [0.25, 0.3) is 0 Å². The van der Waals surface area contributed by atoms with Crippen molar-refractivity contribution in [1.82, 2.24) is 0 Å². The topological polar surface area (TPSA) is 53.7 Å². The van der Waals surface area contributed by atoms with E-state index in [0.717, 1.165) is 22.6 Å². The van der Waals surface area contributed by atoms with Gasteiger partial charge in [0, 0.05) is 17.2 Å². The van der Waals surface area contributed by atoms with Gasteiger partial charge in [-0.3, -0.25) is 0 Å². The molecule has 106 valence electrons. The van der Waals surface area contributed by atoms with Crippen molar-refractivity contribution in [2.45, 2.75) is 6.61 Å². The van der Waals surface area contributed by atoms with E-state index in [1.54, 1.807) is 0 Å². The minimum absolute atomic E-state index is 0.260. The highest BCUT2D eigenvalue weighted by Crippen LogP contribution is 2.35. The number of nitrogens with two attached hydrogens (primary N) is 1. The summed E-state index contributed by atoms with van der Waals surface area (Å²) < 4.78 is 16.4. The Morgan fingerprint density at radius 1 is 1.10 bits per heavy atom. The summed E-state index contributed by atoms with van der Waals surface area (Å²) in [6.45, 7) is 1.04. The smallest absolute Gasteiger partial charge is 0.231 e. The first-order chi connectivity index (χ1) is 10.4. The highest BCUT2D eigenvalue weighted by Gasteiger charge is 2.13. The molecule has 1 aliphatic heterocycles. The Bertz CT molecular complexity index is 701. The molecule has 0 amide bonds. The van der Waals surface area contributed by atoms with Crippen LogP contribution in [0.3, 0.4) is 0 Å². The average molecular weight is 281 g/mol. The standard InChI is InChI=1S/C17H15NO3/c18-9-3-6-13-4-1-2-5-14(13)11-19-15-7-8-16-17(10-15)21-12-20-16/h1-2,4-5,7-8,10H,9,11-12,18H2. The molecule has 21 heavy (non-hydrogen) atoms. The van der Waals surface area contributed by atoms with E-state index in [9.17, 15) is 0 Å². The molecule has 1 aliphatic rings. The van der Waals surface area contributed by atoms with E-state index < -0.39 is 0 Å². The summed E-state index contributed by atoms with van der Waals surface area (Å²) in [5.41, 5.74) is 7.37. The van der Waals surface area contributed by atoms with Crippen LogP contribution in [0.15, 0.2) is 42.5 Å². The first kappa shape index (κ1) is 13.3. The van der Waals surface area contributed by atoms with Gasteiger partial charge in [-0.05, 0) is 18.2 Å². The first-order valence-electron chi connectivity index (χ1n) is 6.66. The van der Waals surface area contributed by atoms with E-state index >= 15 is 0 Å². The molecular weight excluding hydrogens is 266 g/mol. The maximum atomic E-state index is 5.80. The van der Waals surface area contributed by atoms with Crippen LogP contribution in [0.2, 0.25) is 0 Å². The van der Waals surface area contributed by atoms with Gasteiger partial charge in [-0.15, -0.1) is 0 Å². The summed E-state index contributed by atoms with van der Waals surface area (Å²) in [5.74, 6) is 8.11. The Balaban J connectivity index is 1.73. The number of rotatable bonds is 3. The lowest BCUT2D eigenvalue weighted by Crippen LogP contribution is -1.99. The van der Waals surface area contributed by atoms with Gasteiger partial charge in [0.25, 0.3) is 0 Å². The summed E-state index contributed by atoms with van der Waals surface area (Å²) >= 11 is 0. The highest BCUT2D eigenvalue weighted by molar-refractivity contribution is 5.47. The Morgan fingerprint density at radius 3 is 2.86 bits per heavy atom. The minimum Gasteiger partial charge on any atom is -0.489 e. The van der Waals surface area contributed by atoms with Gasteiger partial charge < -0.3 is 19.9 Å². The molecule has 2 aromatic rings. The first-order valence-corrected chi connectivity index (χ1v) is 6.66. The van der Waals surface area contributed by atoms with Gasteiger partial charge in [0.05, 0.1) is 6.54 Å². The second kappa shape index (κ2) is 6.21. The number of fused-ring (bicyclic) bond motifs is 1. The predicted octanol–water partition coefficient (Wildman–Crippen LogP) is 2.30. The van der Waals surface area contributed by atoms with Crippen LogP contribution < -0.4 is 19.9 Å². The number of ether oxygens (including phenoxy) is 3. The lowest BCUT2D eigenvalue weighted by Gasteiger charge is -2.08. The Hall–Kier alpha value is -2.64. The van der Waals surface area contributed by atoms with Crippen molar-refractivity contribution in [3.63, 3.8) is 0 Å². The van der Waals surface area contributed by atoms with Crippen LogP contribution in [0, 0.1) is 11.8 Å². The molecule has 0 atom stereocenters. The van der Waals surface area contributed by atoms with Gasteiger partial charge in [0.15, 0.2) is 11.5 Å². The maximum Gasteiger partial charge on any atom is 0.231 e. The molecule has 4 nitrogen and oxygen atoms in total. The zero-order valence-electron chi connectivity index (χ0n) is 11.5. The van der Waals surface area contributed by atoms with Crippen LogP contribution in [-0.4, -0.2) is 13.3 Å². The molecular formula is C17H15NO3. The molecule has 2 aromatic carbocycles. The van der Waals surface area contributed by atoms with E-state index in [2.05, 4.69) is 11.8 Å². The Morgan fingerprint density at radius 2 is 1.95 bits per heavy atom. The second-order valence-corrected chi connectivity index (χ2v) is 4.47. The fourth-order valence-electron chi connectivity index (χ4n) is 2.04. The third-order valence-corrected chi connectivity index (χ3v) is 3.08. The van der Waals surface area contributed by atoms with Gasteiger partial charge in [0.1, 0.15) is 12.4 Å². The molecule has 4 heteroatoms. The zero-order chi connectivity index (χ0) is 14.5. The van der Waals surface area contributed by atoms with Gasteiger partial charge in [-0.25, -0.2) is 0 Å².